The van der Waals surface area contributed by atoms with Crippen LogP contribution >= 0.6 is 0 Å². The van der Waals surface area contributed by atoms with Crippen LogP contribution in [0.3, 0.4) is 0 Å². The molecule has 0 radical (unpaired) electrons. The zero-order valence-electron chi connectivity index (χ0n) is 10.3. The maximum atomic E-state index is 11.9. The van der Waals surface area contributed by atoms with Gasteiger partial charge in [-0.1, -0.05) is 18.2 Å². The van der Waals surface area contributed by atoms with E-state index in [-0.39, 0.29) is 5.56 Å². The summed E-state index contributed by atoms with van der Waals surface area (Å²) in [4.78, 5) is 15.9. The standard InChI is InChI=1S/C15H13N3O/c19-15-6-5-13-3-1-2-4-14(13)18(15)17-11-12-7-9-16-10-8-12/h1-10,17H,11H2. The van der Waals surface area contributed by atoms with Gasteiger partial charge in [0, 0.05) is 23.8 Å². The lowest BCUT2D eigenvalue weighted by molar-refractivity contribution is 0.834. The highest BCUT2D eigenvalue weighted by atomic mass is 16.1. The molecule has 0 saturated carbocycles. The Morgan fingerprint density at radius 3 is 2.63 bits per heavy atom. The van der Waals surface area contributed by atoms with Crippen molar-refractivity contribution in [2.24, 2.45) is 0 Å². The van der Waals surface area contributed by atoms with Gasteiger partial charge in [0.05, 0.1) is 12.1 Å². The van der Waals surface area contributed by atoms with Gasteiger partial charge in [-0.3, -0.25) is 9.78 Å². The Kier molecular flexibility index (Phi) is 2.98. The Bertz CT molecular complexity index is 750. The smallest absolute Gasteiger partial charge is 0.269 e. The quantitative estimate of drug-likeness (QED) is 0.775. The average Bonchev–Trinajstić information content (AvgIpc) is 2.47. The summed E-state index contributed by atoms with van der Waals surface area (Å²) in [6.07, 6.45) is 3.48. The summed E-state index contributed by atoms with van der Waals surface area (Å²) in [5.74, 6) is 0. The van der Waals surface area contributed by atoms with Crippen LogP contribution in [0.25, 0.3) is 10.9 Å². The van der Waals surface area contributed by atoms with Crippen molar-refractivity contribution in [2.75, 3.05) is 5.43 Å². The highest BCUT2D eigenvalue weighted by Crippen LogP contribution is 2.10. The molecule has 0 amide bonds. The zero-order chi connectivity index (χ0) is 13.1. The number of rotatable bonds is 3. The minimum Gasteiger partial charge on any atom is -0.318 e. The van der Waals surface area contributed by atoms with Gasteiger partial charge in [0.1, 0.15) is 0 Å². The minimum atomic E-state index is -0.0623. The molecule has 0 bridgehead atoms. The van der Waals surface area contributed by atoms with Gasteiger partial charge < -0.3 is 5.43 Å². The first-order valence-corrected chi connectivity index (χ1v) is 6.08. The topological polar surface area (TPSA) is 46.9 Å². The normalized spacial score (nSPS) is 10.5. The second-order valence-electron chi connectivity index (χ2n) is 4.26. The third-order valence-electron chi connectivity index (χ3n) is 2.99. The molecule has 2 aromatic heterocycles. The predicted octanol–water partition coefficient (Wildman–Crippen LogP) is 2.14. The number of hydrogen-bond acceptors (Lipinski definition) is 3. The Balaban J connectivity index is 1.96. The van der Waals surface area contributed by atoms with E-state index in [1.807, 2.05) is 42.5 Å². The summed E-state index contributed by atoms with van der Waals surface area (Å²) in [7, 11) is 0. The zero-order valence-corrected chi connectivity index (χ0v) is 10.3. The molecule has 4 heteroatoms. The molecule has 0 aliphatic heterocycles. The lowest BCUT2D eigenvalue weighted by atomic mass is 10.2. The molecule has 3 rings (SSSR count). The van der Waals surface area contributed by atoms with Crippen molar-refractivity contribution < 1.29 is 0 Å². The van der Waals surface area contributed by atoms with Gasteiger partial charge in [-0.25, -0.2) is 4.68 Å². The van der Waals surface area contributed by atoms with Gasteiger partial charge in [-0.15, -0.1) is 0 Å². The first-order chi connectivity index (χ1) is 9.34. The van der Waals surface area contributed by atoms with Crippen molar-refractivity contribution >= 4 is 10.9 Å². The molecule has 0 saturated heterocycles. The van der Waals surface area contributed by atoms with Crippen LogP contribution in [0.1, 0.15) is 5.56 Å². The highest BCUT2D eigenvalue weighted by Gasteiger charge is 2.01. The van der Waals surface area contributed by atoms with Crippen LogP contribution in [-0.2, 0) is 6.54 Å². The van der Waals surface area contributed by atoms with Gasteiger partial charge in [-0.05, 0) is 29.8 Å². The number of pyridine rings is 2. The number of aromatic nitrogens is 2. The first-order valence-electron chi connectivity index (χ1n) is 6.08. The van der Waals surface area contributed by atoms with Crippen LogP contribution in [0.15, 0.2) is 65.7 Å². The molecule has 4 nitrogen and oxygen atoms in total. The number of fused-ring (bicyclic) bond motifs is 1. The van der Waals surface area contributed by atoms with Crippen LogP contribution < -0.4 is 11.0 Å². The summed E-state index contributed by atoms with van der Waals surface area (Å²) in [6, 6.07) is 15.0. The summed E-state index contributed by atoms with van der Waals surface area (Å²) >= 11 is 0. The molecule has 94 valence electrons. The van der Waals surface area contributed by atoms with E-state index in [0.29, 0.717) is 6.54 Å². The fourth-order valence-electron chi connectivity index (χ4n) is 2.02. The molecule has 0 atom stereocenters. The van der Waals surface area contributed by atoms with E-state index in [1.165, 1.54) is 0 Å². The van der Waals surface area contributed by atoms with Crippen molar-refractivity contribution in [3.05, 3.63) is 76.8 Å². The van der Waals surface area contributed by atoms with Gasteiger partial charge >= 0.3 is 0 Å². The Hall–Kier alpha value is -2.62. The molecule has 0 spiro atoms. The van der Waals surface area contributed by atoms with Gasteiger partial charge in [0.15, 0.2) is 0 Å². The van der Waals surface area contributed by atoms with Crippen molar-refractivity contribution in [1.82, 2.24) is 9.66 Å². The summed E-state index contributed by atoms with van der Waals surface area (Å²) in [5.41, 5.74) is 5.04. The van der Waals surface area contributed by atoms with Crippen LogP contribution in [0, 0.1) is 0 Å². The molecule has 1 N–H and O–H groups in total. The van der Waals surface area contributed by atoms with Crippen LogP contribution in [0.5, 0.6) is 0 Å². The van der Waals surface area contributed by atoms with E-state index in [0.717, 1.165) is 16.5 Å². The van der Waals surface area contributed by atoms with Crippen molar-refractivity contribution in [3.8, 4) is 0 Å². The monoisotopic (exact) mass is 251 g/mol. The first kappa shape index (κ1) is 11.5. The van der Waals surface area contributed by atoms with E-state index < -0.39 is 0 Å². The summed E-state index contributed by atoms with van der Waals surface area (Å²) in [6.45, 7) is 0.580. The average molecular weight is 251 g/mol. The van der Waals surface area contributed by atoms with E-state index in [4.69, 9.17) is 0 Å². The molecule has 0 aliphatic carbocycles. The second kappa shape index (κ2) is 4.94. The Morgan fingerprint density at radius 1 is 1.00 bits per heavy atom. The largest absolute Gasteiger partial charge is 0.318 e. The van der Waals surface area contributed by atoms with Crippen molar-refractivity contribution in [3.63, 3.8) is 0 Å². The Labute approximate surface area is 110 Å². The van der Waals surface area contributed by atoms with E-state index >= 15 is 0 Å². The molecule has 19 heavy (non-hydrogen) atoms. The maximum Gasteiger partial charge on any atom is 0.269 e. The lowest BCUT2D eigenvalue weighted by Gasteiger charge is -2.12. The number of benzene rings is 1. The van der Waals surface area contributed by atoms with E-state index in [9.17, 15) is 4.79 Å². The van der Waals surface area contributed by atoms with Crippen LogP contribution in [-0.4, -0.2) is 9.66 Å². The van der Waals surface area contributed by atoms with Gasteiger partial charge in [0.2, 0.25) is 0 Å². The number of nitrogens with one attached hydrogen (secondary N) is 1. The van der Waals surface area contributed by atoms with E-state index in [2.05, 4.69) is 10.4 Å². The van der Waals surface area contributed by atoms with E-state index in [1.54, 1.807) is 23.1 Å². The number of hydrogen-bond donors (Lipinski definition) is 1. The van der Waals surface area contributed by atoms with Crippen molar-refractivity contribution in [1.29, 1.82) is 0 Å². The molecule has 0 unspecified atom stereocenters. The highest BCUT2D eigenvalue weighted by molar-refractivity contribution is 5.78. The van der Waals surface area contributed by atoms with Crippen molar-refractivity contribution in [2.45, 2.75) is 6.54 Å². The summed E-state index contributed by atoms with van der Waals surface area (Å²) < 4.78 is 1.58. The molecule has 3 aromatic rings. The fraction of sp³-hybridized carbons (Fsp3) is 0.0667. The maximum absolute atomic E-state index is 11.9. The van der Waals surface area contributed by atoms with Gasteiger partial charge in [0.25, 0.3) is 5.56 Å². The predicted molar refractivity (Wildman–Crippen MR) is 75.5 cm³/mol. The van der Waals surface area contributed by atoms with Crippen LogP contribution in [0.2, 0.25) is 0 Å². The number of nitrogens with zero attached hydrogens (tertiary/aromatic N) is 2. The lowest BCUT2D eigenvalue weighted by Crippen LogP contribution is -2.28. The molecule has 2 heterocycles. The fourth-order valence-corrected chi connectivity index (χ4v) is 2.02. The van der Waals surface area contributed by atoms with Gasteiger partial charge in [-0.2, -0.15) is 0 Å². The SMILES string of the molecule is O=c1ccc2ccccc2n1NCc1ccncc1. The molecular weight excluding hydrogens is 238 g/mol. The molecule has 0 aliphatic rings. The molecule has 0 fully saturated rings. The summed E-state index contributed by atoms with van der Waals surface area (Å²) in [5, 5.41) is 1.03. The number of para-hydroxylation sites is 1. The minimum absolute atomic E-state index is 0.0623. The molecular formula is C15H13N3O. The third-order valence-corrected chi connectivity index (χ3v) is 2.99. The molecule has 1 aromatic carbocycles. The van der Waals surface area contributed by atoms with Crippen LogP contribution in [0.4, 0.5) is 0 Å². The second-order valence-corrected chi connectivity index (χ2v) is 4.26. The third kappa shape index (κ3) is 2.33. The Morgan fingerprint density at radius 2 is 1.79 bits per heavy atom.